The fourth-order valence-electron chi connectivity index (χ4n) is 3.54. The van der Waals surface area contributed by atoms with E-state index in [1.807, 2.05) is 19.1 Å². The average Bonchev–Trinajstić information content (AvgIpc) is 2.68. The lowest BCUT2D eigenvalue weighted by Crippen LogP contribution is -2.04. The van der Waals surface area contributed by atoms with E-state index in [-0.39, 0.29) is 6.79 Å². The molecule has 0 aliphatic rings. The van der Waals surface area contributed by atoms with Gasteiger partial charge >= 0.3 is 0 Å². The molecule has 0 bridgehead atoms. The van der Waals surface area contributed by atoms with Crippen molar-refractivity contribution >= 4 is 13.4 Å². The van der Waals surface area contributed by atoms with Gasteiger partial charge in [-0.3, -0.25) is 4.57 Å². The van der Waals surface area contributed by atoms with Gasteiger partial charge in [0.2, 0.25) is 7.37 Å². The van der Waals surface area contributed by atoms with Crippen molar-refractivity contribution in [3.05, 3.63) is 69.5 Å². The summed E-state index contributed by atoms with van der Waals surface area (Å²) in [7, 11) is -1.06. The van der Waals surface area contributed by atoms with Gasteiger partial charge in [0.25, 0.3) is 0 Å². The minimum absolute atomic E-state index is 0.250. The molecule has 0 amide bonds. The highest BCUT2D eigenvalue weighted by Gasteiger charge is 2.13. The fourth-order valence-corrected chi connectivity index (χ4v) is 4.58. The first kappa shape index (κ1) is 24.4. The topological polar surface area (TPSA) is 44.8 Å². The standard InChI is InChI=1S/C25H35O4P/c1-8-29-30(7,26)12-11-22-13-19(4)24(20(5)14-22)16-21-9-10-25(28-17-27-6)23(15-21)18(2)3/h9-15,18H,8,16-17H2,1-7H3/b12-11+. The molecule has 0 aliphatic heterocycles. The molecule has 2 aromatic rings. The van der Waals surface area contributed by atoms with Crippen LogP contribution >= 0.6 is 7.37 Å². The van der Waals surface area contributed by atoms with E-state index in [0.717, 1.165) is 17.7 Å². The molecule has 164 valence electrons. The van der Waals surface area contributed by atoms with Gasteiger partial charge in [0.1, 0.15) is 5.75 Å². The van der Waals surface area contributed by atoms with Gasteiger partial charge in [-0.25, -0.2) is 0 Å². The van der Waals surface area contributed by atoms with Gasteiger partial charge < -0.3 is 14.0 Å². The van der Waals surface area contributed by atoms with E-state index < -0.39 is 7.37 Å². The fraction of sp³-hybridized carbons (Fsp3) is 0.440. The molecule has 2 rings (SSSR count). The van der Waals surface area contributed by atoms with Crippen molar-refractivity contribution < 1.29 is 18.6 Å². The van der Waals surface area contributed by atoms with Crippen LogP contribution in [0.2, 0.25) is 0 Å². The molecule has 0 N–H and O–H groups in total. The summed E-state index contributed by atoms with van der Waals surface area (Å²) >= 11 is 0. The first-order chi connectivity index (χ1) is 14.2. The van der Waals surface area contributed by atoms with Crippen LogP contribution in [0.1, 0.15) is 60.1 Å². The SMILES string of the molecule is CCOP(C)(=O)/C=C/c1cc(C)c(Cc2ccc(OCOC)c(C(C)C)c2)c(C)c1. The van der Waals surface area contributed by atoms with Gasteiger partial charge in [-0.1, -0.05) is 38.1 Å². The molecule has 0 saturated heterocycles. The number of methoxy groups -OCH3 is 1. The Kier molecular flexibility index (Phi) is 8.91. The smallest absolute Gasteiger partial charge is 0.222 e. The van der Waals surface area contributed by atoms with E-state index in [2.05, 4.69) is 52.0 Å². The summed E-state index contributed by atoms with van der Waals surface area (Å²) in [4.78, 5) is 0. The molecule has 2 aromatic carbocycles. The molecular weight excluding hydrogens is 395 g/mol. The predicted molar refractivity (Wildman–Crippen MR) is 126 cm³/mol. The second-order valence-electron chi connectivity index (χ2n) is 8.03. The summed E-state index contributed by atoms with van der Waals surface area (Å²) in [5.41, 5.74) is 7.26. The van der Waals surface area contributed by atoms with Crippen molar-refractivity contribution in [2.24, 2.45) is 0 Å². The maximum Gasteiger partial charge on any atom is 0.222 e. The van der Waals surface area contributed by atoms with Crippen LogP contribution in [0.3, 0.4) is 0 Å². The Hall–Kier alpha value is -1.87. The summed E-state index contributed by atoms with van der Waals surface area (Å²) in [6, 6.07) is 10.7. The first-order valence-corrected chi connectivity index (χ1v) is 12.6. The Morgan fingerprint density at radius 1 is 1.10 bits per heavy atom. The maximum absolute atomic E-state index is 12.3. The zero-order valence-corrected chi connectivity index (χ0v) is 20.2. The number of hydrogen-bond donors (Lipinski definition) is 0. The molecule has 0 spiro atoms. The minimum atomic E-state index is -2.68. The Morgan fingerprint density at radius 3 is 2.33 bits per heavy atom. The highest BCUT2D eigenvalue weighted by molar-refractivity contribution is 7.61. The Morgan fingerprint density at radius 2 is 1.77 bits per heavy atom. The van der Waals surface area contributed by atoms with Gasteiger partial charge in [-0.15, -0.1) is 0 Å². The van der Waals surface area contributed by atoms with E-state index in [1.54, 1.807) is 19.6 Å². The monoisotopic (exact) mass is 430 g/mol. The normalized spacial score (nSPS) is 13.7. The quantitative estimate of drug-likeness (QED) is 0.303. The zero-order chi connectivity index (χ0) is 22.3. The average molecular weight is 431 g/mol. The molecule has 1 atom stereocenters. The van der Waals surface area contributed by atoms with Gasteiger partial charge in [-0.05, 0) is 78.6 Å². The molecule has 4 nitrogen and oxygen atoms in total. The lowest BCUT2D eigenvalue weighted by atomic mass is 9.92. The summed E-state index contributed by atoms with van der Waals surface area (Å²) < 4.78 is 28.4. The number of benzene rings is 2. The molecule has 0 fully saturated rings. The van der Waals surface area contributed by atoms with Crippen LogP contribution in [-0.2, 0) is 20.2 Å². The van der Waals surface area contributed by atoms with Gasteiger partial charge in [0.05, 0.1) is 6.61 Å². The van der Waals surface area contributed by atoms with Crippen LogP contribution in [0.25, 0.3) is 6.08 Å². The largest absolute Gasteiger partial charge is 0.467 e. The summed E-state index contributed by atoms with van der Waals surface area (Å²) in [5, 5.41) is 0. The minimum Gasteiger partial charge on any atom is -0.467 e. The molecule has 0 aromatic heterocycles. The van der Waals surface area contributed by atoms with Crippen LogP contribution in [0.4, 0.5) is 0 Å². The second kappa shape index (κ2) is 10.9. The van der Waals surface area contributed by atoms with Crippen molar-refractivity contribution in [1.82, 2.24) is 0 Å². The Balaban J connectivity index is 2.28. The molecule has 0 saturated carbocycles. The molecule has 1 unspecified atom stereocenters. The highest BCUT2D eigenvalue weighted by Crippen LogP contribution is 2.44. The van der Waals surface area contributed by atoms with Crippen molar-refractivity contribution in [3.8, 4) is 5.75 Å². The van der Waals surface area contributed by atoms with Gasteiger partial charge in [-0.2, -0.15) is 0 Å². The van der Waals surface area contributed by atoms with Gasteiger partial charge in [0.15, 0.2) is 6.79 Å². The second-order valence-corrected chi connectivity index (χ2v) is 10.4. The molecule has 0 aliphatic carbocycles. The van der Waals surface area contributed by atoms with E-state index >= 15 is 0 Å². The van der Waals surface area contributed by atoms with Gasteiger partial charge in [0, 0.05) is 19.6 Å². The third-order valence-electron chi connectivity index (χ3n) is 5.05. The number of ether oxygens (including phenoxy) is 2. The summed E-state index contributed by atoms with van der Waals surface area (Å²) in [6.45, 7) is 12.8. The van der Waals surface area contributed by atoms with Crippen LogP contribution in [0.15, 0.2) is 36.1 Å². The van der Waals surface area contributed by atoms with Crippen LogP contribution in [0, 0.1) is 13.8 Å². The van der Waals surface area contributed by atoms with E-state index in [4.69, 9.17) is 14.0 Å². The van der Waals surface area contributed by atoms with Crippen molar-refractivity contribution in [1.29, 1.82) is 0 Å². The van der Waals surface area contributed by atoms with Crippen molar-refractivity contribution in [2.75, 3.05) is 27.2 Å². The van der Waals surface area contributed by atoms with Crippen LogP contribution in [0.5, 0.6) is 5.75 Å². The zero-order valence-electron chi connectivity index (χ0n) is 19.3. The lowest BCUT2D eigenvalue weighted by Gasteiger charge is -2.17. The van der Waals surface area contributed by atoms with Crippen LogP contribution < -0.4 is 4.74 Å². The predicted octanol–water partition coefficient (Wildman–Crippen LogP) is 6.92. The van der Waals surface area contributed by atoms with Crippen LogP contribution in [-0.4, -0.2) is 27.2 Å². The third kappa shape index (κ3) is 6.84. The Bertz CT molecular complexity index is 908. The molecule has 0 heterocycles. The molecular formula is C25H35O4P. The number of rotatable bonds is 10. The highest BCUT2D eigenvalue weighted by atomic mass is 31.2. The summed E-state index contributed by atoms with van der Waals surface area (Å²) in [6.07, 6.45) is 2.76. The molecule has 30 heavy (non-hydrogen) atoms. The first-order valence-electron chi connectivity index (χ1n) is 10.4. The number of hydrogen-bond acceptors (Lipinski definition) is 4. The van der Waals surface area contributed by atoms with E-state index in [0.29, 0.717) is 12.5 Å². The third-order valence-corrected chi connectivity index (χ3v) is 6.51. The lowest BCUT2D eigenvalue weighted by molar-refractivity contribution is 0.0502. The summed E-state index contributed by atoms with van der Waals surface area (Å²) in [5.74, 6) is 2.93. The number of aryl methyl sites for hydroxylation is 2. The van der Waals surface area contributed by atoms with Crippen molar-refractivity contribution in [2.45, 2.75) is 47.0 Å². The maximum atomic E-state index is 12.3. The molecule has 5 heteroatoms. The Labute approximate surface area is 181 Å². The van der Waals surface area contributed by atoms with E-state index in [9.17, 15) is 4.57 Å². The van der Waals surface area contributed by atoms with E-state index in [1.165, 1.54) is 27.8 Å². The molecule has 0 radical (unpaired) electrons. The van der Waals surface area contributed by atoms with Crippen molar-refractivity contribution in [3.63, 3.8) is 0 Å².